The highest BCUT2D eigenvalue weighted by atomic mass is 16.5. The SMILES string of the molecule is CC(C)CCC(=O)O[C@@H]1CC[C@@H]2[C@H]3CCC4=CC(=O)CC[C@]4(C)[C@@H]3CC[C@@]21C. The van der Waals surface area contributed by atoms with E-state index in [0.29, 0.717) is 30.0 Å². The molecule has 4 rings (SSSR count). The summed E-state index contributed by atoms with van der Waals surface area (Å²) in [4.78, 5) is 24.4. The Kier molecular flexibility index (Phi) is 5.25. The first kappa shape index (κ1) is 20.2. The maximum atomic E-state index is 12.4. The van der Waals surface area contributed by atoms with Crippen LogP contribution in [0.2, 0.25) is 0 Å². The molecule has 4 aliphatic carbocycles. The largest absolute Gasteiger partial charge is 0.462 e. The van der Waals surface area contributed by atoms with Crippen molar-refractivity contribution in [1.82, 2.24) is 0 Å². The minimum absolute atomic E-state index is 0.00863. The highest BCUT2D eigenvalue weighted by Crippen LogP contribution is 2.65. The molecule has 0 amide bonds. The van der Waals surface area contributed by atoms with Crippen molar-refractivity contribution in [3.8, 4) is 0 Å². The van der Waals surface area contributed by atoms with Crippen molar-refractivity contribution in [1.29, 1.82) is 0 Å². The Bertz CT molecular complexity index is 677. The van der Waals surface area contributed by atoms with Crippen molar-refractivity contribution in [3.63, 3.8) is 0 Å². The van der Waals surface area contributed by atoms with Gasteiger partial charge in [-0.2, -0.15) is 0 Å². The fraction of sp³-hybridized carbons (Fsp3) is 0.840. The summed E-state index contributed by atoms with van der Waals surface area (Å²) in [6.07, 6.45) is 12.3. The van der Waals surface area contributed by atoms with E-state index in [1.54, 1.807) is 0 Å². The molecule has 0 aromatic carbocycles. The minimum atomic E-state index is 0.00863. The van der Waals surface area contributed by atoms with Crippen LogP contribution in [0.3, 0.4) is 0 Å². The van der Waals surface area contributed by atoms with Crippen LogP contribution < -0.4 is 0 Å². The second kappa shape index (κ2) is 7.29. The molecule has 0 spiro atoms. The number of carbonyl (C=O) groups excluding carboxylic acids is 2. The molecule has 28 heavy (non-hydrogen) atoms. The van der Waals surface area contributed by atoms with Gasteiger partial charge in [-0.05, 0) is 86.5 Å². The molecule has 3 nitrogen and oxygen atoms in total. The molecule has 3 heteroatoms. The average molecular weight is 387 g/mol. The van der Waals surface area contributed by atoms with Gasteiger partial charge in [0, 0.05) is 18.3 Å². The normalized spacial score (nSPS) is 42.5. The molecule has 0 saturated heterocycles. The molecule has 4 aliphatic rings. The standard InChI is InChI=1S/C25H38O3/c1-16(2)5-10-23(27)28-22-9-8-20-19-7-6-17-15-18(26)11-13-24(17,3)21(19)12-14-25(20,22)4/h15-16,19-22H,5-14H2,1-4H3/t19-,20-,21-,22-,24+,25+/m1/s1. The van der Waals surface area contributed by atoms with Crippen molar-refractivity contribution in [2.75, 3.05) is 0 Å². The van der Waals surface area contributed by atoms with Gasteiger partial charge in [0.1, 0.15) is 6.10 Å². The molecule has 3 saturated carbocycles. The molecule has 3 fully saturated rings. The summed E-state index contributed by atoms with van der Waals surface area (Å²) < 4.78 is 6.06. The fourth-order valence-corrected chi connectivity index (χ4v) is 7.33. The van der Waals surface area contributed by atoms with Crippen molar-refractivity contribution >= 4 is 11.8 Å². The van der Waals surface area contributed by atoms with Gasteiger partial charge in [-0.3, -0.25) is 9.59 Å². The van der Waals surface area contributed by atoms with Crippen molar-refractivity contribution in [3.05, 3.63) is 11.6 Å². The van der Waals surface area contributed by atoms with Crippen LogP contribution in [0.5, 0.6) is 0 Å². The monoisotopic (exact) mass is 386 g/mol. The van der Waals surface area contributed by atoms with E-state index in [1.165, 1.54) is 24.8 Å². The maximum absolute atomic E-state index is 12.4. The first-order chi connectivity index (χ1) is 13.2. The third kappa shape index (κ3) is 3.27. The van der Waals surface area contributed by atoms with Crippen LogP contribution in [-0.2, 0) is 14.3 Å². The van der Waals surface area contributed by atoms with Crippen molar-refractivity contribution < 1.29 is 14.3 Å². The highest BCUT2D eigenvalue weighted by molar-refractivity contribution is 5.91. The van der Waals surface area contributed by atoms with E-state index >= 15 is 0 Å². The Morgan fingerprint density at radius 2 is 1.89 bits per heavy atom. The molecule has 0 N–H and O–H groups in total. The summed E-state index contributed by atoms with van der Waals surface area (Å²) in [7, 11) is 0. The second-order valence-corrected chi connectivity index (χ2v) is 11.0. The molecule has 0 radical (unpaired) electrons. The number of ketones is 1. The molecular weight excluding hydrogens is 348 g/mol. The number of carbonyl (C=O) groups is 2. The molecular formula is C25H38O3. The van der Waals surface area contributed by atoms with Crippen LogP contribution in [0, 0.1) is 34.5 Å². The smallest absolute Gasteiger partial charge is 0.306 e. The van der Waals surface area contributed by atoms with Crippen LogP contribution in [-0.4, -0.2) is 17.9 Å². The lowest BCUT2D eigenvalue weighted by Crippen LogP contribution is -2.51. The lowest BCUT2D eigenvalue weighted by Gasteiger charge is -2.57. The van der Waals surface area contributed by atoms with Crippen molar-refractivity contribution in [2.24, 2.45) is 34.5 Å². The van der Waals surface area contributed by atoms with E-state index in [9.17, 15) is 9.59 Å². The Morgan fingerprint density at radius 3 is 2.64 bits per heavy atom. The van der Waals surface area contributed by atoms with E-state index in [1.807, 2.05) is 6.08 Å². The highest BCUT2D eigenvalue weighted by Gasteiger charge is 2.59. The molecule has 0 aliphatic heterocycles. The van der Waals surface area contributed by atoms with Gasteiger partial charge in [0.25, 0.3) is 0 Å². The summed E-state index contributed by atoms with van der Waals surface area (Å²) in [5.74, 6) is 2.99. The first-order valence-corrected chi connectivity index (χ1v) is 11.7. The maximum Gasteiger partial charge on any atom is 0.306 e. The second-order valence-electron chi connectivity index (χ2n) is 11.0. The molecule has 156 valence electrons. The molecule has 0 heterocycles. The Hall–Kier alpha value is -1.12. The first-order valence-electron chi connectivity index (χ1n) is 11.7. The Morgan fingerprint density at radius 1 is 1.11 bits per heavy atom. The fourth-order valence-electron chi connectivity index (χ4n) is 7.33. The van der Waals surface area contributed by atoms with Crippen molar-refractivity contribution in [2.45, 2.75) is 98.0 Å². The Labute approximate surface area is 170 Å². The number of allylic oxidation sites excluding steroid dienone is 1. The molecule has 0 unspecified atom stereocenters. The molecule has 0 bridgehead atoms. The Balaban J connectivity index is 1.49. The van der Waals surface area contributed by atoms with Gasteiger partial charge in [-0.25, -0.2) is 0 Å². The zero-order valence-corrected chi connectivity index (χ0v) is 18.3. The average Bonchev–Trinajstić information content (AvgIpc) is 2.97. The van der Waals surface area contributed by atoms with Gasteiger partial charge in [0.2, 0.25) is 0 Å². The van der Waals surface area contributed by atoms with Gasteiger partial charge >= 0.3 is 5.97 Å². The topological polar surface area (TPSA) is 43.4 Å². The summed E-state index contributed by atoms with van der Waals surface area (Å²) in [5.41, 5.74) is 1.81. The quantitative estimate of drug-likeness (QED) is 0.568. The zero-order valence-electron chi connectivity index (χ0n) is 18.3. The van der Waals surface area contributed by atoms with Gasteiger partial charge in [-0.1, -0.05) is 33.3 Å². The number of hydrogen-bond acceptors (Lipinski definition) is 3. The predicted octanol–water partition coefficient (Wildman–Crippen LogP) is 5.87. The van der Waals surface area contributed by atoms with Crippen LogP contribution in [0.25, 0.3) is 0 Å². The lowest BCUT2D eigenvalue weighted by molar-refractivity contribution is -0.160. The van der Waals surface area contributed by atoms with Crippen LogP contribution >= 0.6 is 0 Å². The van der Waals surface area contributed by atoms with E-state index in [0.717, 1.165) is 44.4 Å². The number of ether oxygens (including phenoxy) is 1. The summed E-state index contributed by atoms with van der Waals surface area (Å²) in [5, 5.41) is 0. The number of rotatable bonds is 4. The van der Waals surface area contributed by atoms with Gasteiger partial charge in [0.15, 0.2) is 5.78 Å². The summed E-state index contributed by atoms with van der Waals surface area (Å²) >= 11 is 0. The van der Waals surface area contributed by atoms with E-state index in [4.69, 9.17) is 4.74 Å². The molecule has 0 aromatic rings. The minimum Gasteiger partial charge on any atom is -0.462 e. The zero-order chi connectivity index (χ0) is 20.1. The van der Waals surface area contributed by atoms with Crippen LogP contribution in [0.1, 0.15) is 91.9 Å². The van der Waals surface area contributed by atoms with Crippen LogP contribution in [0.4, 0.5) is 0 Å². The van der Waals surface area contributed by atoms with Gasteiger partial charge in [-0.15, -0.1) is 0 Å². The summed E-state index contributed by atoms with van der Waals surface area (Å²) in [6.45, 7) is 9.15. The summed E-state index contributed by atoms with van der Waals surface area (Å²) in [6, 6.07) is 0. The van der Waals surface area contributed by atoms with E-state index in [2.05, 4.69) is 27.7 Å². The van der Waals surface area contributed by atoms with E-state index in [-0.39, 0.29) is 22.9 Å². The number of esters is 1. The van der Waals surface area contributed by atoms with Crippen LogP contribution in [0.15, 0.2) is 11.6 Å². The molecule has 6 atom stereocenters. The molecule has 0 aromatic heterocycles. The van der Waals surface area contributed by atoms with E-state index < -0.39 is 0 Å². The van der Waals surface area contributed by atoms with Gasteiger partial charge in [0.05, 0.1) is 0 Å². The predicted molar refractivity (Wildman–Crippen MR) is 111 cm³/mol. The number of hydrogen-bond donors (Lipinski definition) is 0. The van der Waals surface area contributed by atoms with Gasteiger partial charge < -0.3 is 4.74 Å². The third-order valence-electron chi connectivity index (χ3n) is 9.07. The lowest BCUT2D eigenvalue weighted by atomic mass is 9.47. The third-order valence-corrected chi connectivity index (χ3v) is 9.07. The number of fused-ring (bicyclic) bond motifs is 5.